The molecule has 1 aromatic rings. The number of carbonyl (C=O) groups is 2. The molecule has 1 amide bonds. The summed E-state index contributed by atoms with van der Waals surface area (Å²) in [4.78, 5) is 25.9. The number of amides is 1. The third-order valence-corrected chi connectivity index (χ3v) is 2.54. The Kier molecular flexibility index (Phi) is 5.30. The number of rotatable bonds is 6. The number of carboxylic acid groups (broad SMARTS) is 1. The third-order valence-electron chi connectivity index (χ3n) is 2.54. The van der Waals surface area contributed by atoms with Gasteiger partial charge < -0.3 is 10.4 Å². The average molecular weight is 250 g/mol. The van der Waals surface area contributed by atoms with Crippen molar-refractivity contribution in [3.8, 4) is 0 Å². The summed E-state index contributed by atoms with van der Waals surface area (Å²) >= 11 is 0. The van der Waals surface area contributed by atoms with Gasteiger partial charge in [0.05, 0.1) is 0 Å². The van der Waals surface area contributed by atoms with E-state index < -0.39 is 5.97 Å². The van der Waals surface area contributed by atoms with Crippen LogP contribution in [0, 0.1) is 6.92 Å². The van der Waals surface area contributed by atoms with Gasteiger partial charge in [0.2, 0.25) is 5.91 Å². The number of carboxylic acids is 1. The van der Waals surface area contributed by atoms with Crippen LogP contribution in [0.15, 0.2) is 18.3 Å². The normalized spacial score (nSPS) is 11.9. The minimum absolute atomic E-state index is 0.0385. The average Bonchev–Trinajstić information content (AvgIpc) is 2.28. The van der Waals surface area contributed by atoms with Gasteiger partial charge in [-0.25, -0.2) is 0 Å². The Morgan fingerprint density at radius 3 is 2.67 bits per heavy atom. The van der Waals surface area contributed by atoms with Gasteiger partial charge in [0.15, 0.2) is 0 Å². The molecule has 0 aliphatic carbocycles. The summed E-state index contributed by atoms with van der Waals surface area (Å²) in [6.45, 7) is 3.38. The van der Waals surface area contributed by atoms with Crippen LogP contribution in [-0.4, -0.2) is 28.0 Å². The summed E-state index contributed by atoms with van der Waals surface area (Å²) in [7, 11) is 0. The number of pyridine rings is 1. The van der Waals surface area contributed by atoms with Crippen LogP contribution >= 0.6 is 0 Å². The topological polar surface area (TPSA) is 79.3 Å². The van der Waals surface area contributed by atoms with E-state index in [2.05, 4.69) is 10.3 Å². The highest BCUT2D eigenvalue weighted by molar-refractivity contribution is 5.73. The molecular weight excluding hydrogens is 232 g/mol. The molecule has 5 heteroatoms. The lowest BCUT2D eigenvalue weighted by molar-refractivity contribution is -0.137. The Morgan fingerprint density at radius 1 is 1.44 bits per heavy atom. The van der Waals surface area contributed by atoms with Crippen molar-refractivity contribution in [2.24, 2.45) is 0 Å². The summed E-state index contributed by atoms with van der Waals surface area (Å²) in [6, 6.07) is 3.66. The van der Waals surface area contributed by atoms with E-state index in [0.717, 1.165) is 11.3 Å². The molecule has 1 rings (SSSR count). The minimum Gasteiger partial charge on any atom is -0.481 e. The Balaban J connectivity index is 2.61. The molecule has 0 saturated heterocycles. The fourth-order valence-electron chi connectivity index (χ4n) is 1.68. The number of aliphatic carboxylic acids is 1. The number of hydrogen-bond acceptors (Lipinski definition) is 3. The SMILES string of the molecule is CC(=O)NC(CCC(=O)O)Cc1ccc(C)cn1. The summed E-state index contributed by atoms with van der Waals surface area (Å²) < 4.78 is 0. The van der Waals surface area contributed by atoms with E-state index in [4.69, 9.17) is 5.11 Å². The molecule has 1 atom stereocenters. The number of nitrogens with zero attached hydrogens (tertiary/aromatic N) is 1. The molecule has 18 heavy (non-hydrogen) atoms. The summed E-state index contributed by atoms with van der Waals surface area (Å²) in [6.07, 6.45) is 2.76. The van der Waals surface area contributed by atoms with Gasteiger partial charge in [-0.05, 0) is 25.0 Å². The number of aryl methyl sites for hydroxylation is 1. The second-order valence-electron chi connectivity index (χ2n) is 4.36. The molecule has 0 aliphatic heterocycles. The molecule has 0 aliphatic rings. The van der Waals surface area contributed by atoms with Crippen LogP contribution in [0.5, 0.6) is 0 Å². The van der Waals surface area contributed by atoms with Crippen LogP contribution in [-0.2, 0) is 16.0 Å². The first-order valence-electron chi connectivity index (χ1n) is 5.88. The second-order valence-corrected chi connectivity index (χ2v) is 4.36. The first-order valence-corrected chi connectivity index (χ1v) is 5.88. The maximum absolute atomic E-state index is 11.1. The lowest BCUT2D eigenvalue weighted by atomic mass is 10.0. The molecule has 5 nitrogen and oxygen atoms in total. The number of hydrogen-bond donors (Lipinski definition) is 2. The maximum atomic E-state index is 11.1. The van der Waals surface area contributed by atoms with Crippen LogP contribution in [0.25, 0.3) is 0 Å². The van der Waals surface area contributed by atoms with Gasteiger partial charge in [0.1, 0.15) is 0 Å². The largest absolute Gasteiger partial charge is 0.481 e. The van der Waals surface area contributed by atoms with Crippen molar-refractivity contribution in [2.45, 2.75) is 39.2 Å². The van der Waals surface area contributed by atoms with E-state index in [1.807, 2.05) is 19.1 Å². The highest BCUT2D eigenvalue weighted by Gasteiger charge is 2.13. The molecule has 0 saturated carbocycles. The minimum atomic E-state index is -0.859. The van der Waals surface area contributed by atoms with Crippen molar-refractivity contribution in [3.63, 3.8) is 0 Å². The van der Waals surface area contributed by atoms with Crippen molar-refractivity contribution in [1.82, 2.24) is 10.3 Å². The van der Waals surface area contributed by atoms with Crippen LogP contribution in [0.1, 0.15) is 31.0 Å². The van der Waals surface area contributed by atoms with Crippen LogP contribution in [0.3, 0.4) is 0 Å². The molecule has 2 N–H and O–H groups in total. The van der Waals surface area contributed by atoms with Crippen molar-refractivity contribution in [2.75, 3.05) is 0 Å². The van der Waals surface area contributed by atoms with Crippen LogP contribution < -0.4 is 5.32 Å². The summed E-state index contributed by atoms with van der Waals surface area (Å²) in [5, 5.41) is 11.4. The zero-order valence-corrected chi connectivity index (χ0v) is 10.6. The van der Waals surface area contributed by atoms with Crippen molar-refractivity contribution in [3.05, 3.63) is 29.6 Å². The highest BCUT2D eigenvalue weighted by Crippen LogP contribution is 2.07. The first-order chi connectivity index (χ1) is 8.47. The number of nitrogens with one attached hydrogen (secondary N) is 1. The molecule has 0 fully saturated rings. The lowest BCUT2D eigenvalue weighted by Gasteiger charge is -2.16. The van der Waals surface area contributed by atoms with Gasteiger partial charge in [-0.3, -0.25) is 14.6 Å². The zero-order chi connectivity index (χ0) is 13.5. The predicted molar refractivity (Wildman–Crippen MR) is 67.2 cm³/mol. The van der Waals surface area contributed by atoms with Crippen molar-refractivity contribution >= 4 is 11.9 Å². The van der Waals surface area contributed by atoms with Gasteiger partial charge in [-0.15, -0.1) is 0 Å². The maximum Gasteiger partial charge on any atom is 0.303 e. The fourth-order valence-corrected chi connectivity index (χ4v) is 1.68. The van der Waals surface area contributed by atoms with Crippen LogP contribution in [0.2, 0.25) is 0 Å². The van der Waals surface area contributed by atoms with E-state index >= 15 is 0 Å². The molecule has 0 bridgehead atoms. The van der Waals surface area contributed by atoms with E-state index in [0.29, 0.717) is 12.8 Å². The van der Waals surface area contributed by atoms with Gasteiger partial charge >= 0.3 is 5.97 Å². The van der Waals surface area contributed by atoms with E-state index in [1.54, 1.807) is 6.20 Å². The molecule has 1 aromatic heterocycles. The van der Waals surface area contributed by atoms with Gasteiger partial charge in [0.25, 0.3) is 0 Å². The summed E-state index contributed by atoms with van der Waals surface area (Å²) in [5.41, 5.74) is 1.92. The highest BCUT2D eigenvalue weighted by atomic mass is 16.4. The first kappa shape index (κ1) is 14.2. The fraction of sp³-hybridized carbons (Fsp3) is 0.462. The van der Waals surface area contributed by atoms with Gasteiger partial charge in [-0.1, -0.05) is 6.07 Å². The lowest BCUT2D eigenvalue weighted by Crippen LogP contribution is -2.35. The van der Waals surface area contributed by atoms with Gasteiger partial charge in [0, 0.05) is 37.7 Å². The molecule has 0 spiro atoms. The van der Waals surface area contributed by atoms with E-state index in [-0.39, 0.29) is 18.4 Å². The molecule has 1 unspecified atom stereocenters. The zero-order valence-electron chi connectivity index (χ0n) is 10.6. The molecule has 0 aromatic carbocycles. The Bertz CT molecular complexity index is 415. The number of carbonyl (C=O) groups excluding carboxylic acids is 1. The van der Waals surface area contributed by atoms with Crippen molar-refractivity contribution < 1.29 is 14.7 Å². The van der Waals surface area contributed by atoms with Gasteiger partial charge in [-0.2, -0.15) is 0 Å². The molecular formula is C13H18N2O3. The van der Waals surface area contributed by atoms with E-state index in [1.165, 1.54) is 6.92 Å². The smallest absolute Gasteiger partial charge is 0.303 e. The Morgan fingerprint density at radius 2 is 2.17 bits per heavy atom. The summed E-state index contributed by atoms with van der Waals surface area (Å²) in [5.74, 6) is -1.01. The molecule has 0 radical (unpaired) electrons. The van der Waals surface area contributed by atoms with Crippen LogP contribution in [0.4, 0.5) is 0 Å². The van der Waals surface area contributed by atoms with E-state index in [9.17, 15) is 9.59 Å². The third kappa shape index (κ3) is 5.43. The molecule has 1 heterocycles. The van der Waals surface area contributed by atoms with Crippen molar-refractivity contribution in [1.29, 1.82) is 0 Å². The Labute approximate surface area is 106 Å². The predicted octanol–water partition coefficient (Wildman–Crippen LogP) is 1.30. The standard InChI is InChI=1S/C13H18N2O3/c1-9-3-4-11(14-8-9)7-12(15-10(2)16)5-6-13(17)18/h3-4,8,12H,5-7H2,1-2H3,(H,15,16)(H,17,18). The Hall–Kier alpha value is -1.91. The quantitative estimate of drug-likeness (QED) is 0.797. The molecule has 98 valence electrons. The monoisotopic (exact) mass is 250 g/mol. The number of aromatic nitrogens is 1. The second kappa shape index (κ2) is 6.74.